The molecule has 1 aromatic carbocycles. The number of nitrogens with zero attached hydrogens (tertiary/aromatic N) is 6. The van der Waals surface area contributed by atoms with Crippen LogP contribution in [0, 0.1) is 27.7 Å². The Labute approximate surface area is 169 Å². The predicted octanol–water partition coefficient (Wildman–Crippen LogP) is 1.84. The van der Waals surface area contributed by atoms with Gasteiger partial charge in [0, 0.05) is 12.6 Å². The second-order valence-electron chi connectivity index (χ2n) is 7.75. The number of urea groups is 1. The molecule has 150 valence electrons. The second kappa shape index (κ2) is 6.65. The summed E-state index contributed by atoms with van der Waals surface area (Å²) >= 11 is 0. The average Bonchev–Trinajstić information content (AvgIpc) is 3.15. The normalized spacial score (nSPS) is 19.2. The molecule has 2 aliphatic rings. The molecular formula is C21H25N6O2+. The van der Waals surface area contributed by atoms with Crippen molar-refractivity contribution < 1.29 is 14.2 Å². The second-order valence-corrected chi connectivity index (χ2v) is 7.75. The average molecular weight is 393 g/mol. The fourth-order valence-corrected chi connectivity index (χ4v) is 3.84. The van der Waals surface area contributed by atoms with Crippen LogP contribution >= 0.6 is 0 Å². The first-order valence-electron chi connectivity index (χ1n) is 9.57. The molecule has 0 saturated carbocycles. The lowest BCUT2D eigenvalue weighted by Crippen LogP contribution is -2.62. The van der Waals surface area contributed by atoms with Crippen LogP contribution < -0.4 is 0 Å². The largest absolute Gasteiger partial charge is 0.421 e. The summed E-state index contributed by atoms with van der Waals surface area (Å²) in [6.07, 6.45) is 0. The minimum absolute atomic E-state index is 0.232. The molecule has 1 aromatic heterocycles. The van der Waals surface area contributed by atoms with Gasteiger partial charge in [-0.2, -0.15) is 0 Å². The first kappa shape index (κ1) is 19.0. The summed E-state index contributed by atoms with van der Waals surface area (Å²) in [7, 11) is 3.47. The topological polar surface area (TPSA) is 73.8 Å². The number of rotatable bonds is 2. The van der Waals surface area contributed by atoms with Crippen LogP contribution in [0.1, 0.15) is 28.1 Å². The molecule has 2 aliphatic heterocycles. The number of aryl methyl sites for hydroxylation is 2. The van der Waals surface area contributed by atoms with Gasteiger partial charge in [-0.15, -0.1) is 9.78 Å². The van der Waals surface area contributed by atoms with E-state index in [0.29, 0.717) is 11.8 Å². The van der Waals surface area contributed by atoms with Crippen LogP contribution in [0.25, 0.3) is 0 Å². The fraction of sp³-hybridized carbons (Fsp3) is 0.381. The summed E-state index contributed by atoms with van der Waals surface area (Å²) in [5.74, 6) is 0.705. The van der Waals surface area contributed by atoms with E-state index in [-0.39, 0.29) is 18.5 Å². The van der Waals surface area contributed by atoms with Gasteiger partial charge < -0.3 is 0 Å². The summed E-state index contributed by atoms with van der Waals surface area (Å²) in [6, 6.07) is 6.80. The van der Waals surface area contributed by atoms with E-state index in [1.54, 1.807) is 16.3 Å². The number of fused-ring (bicyclic) bond motifs is 1. The minimum atomic E-state index is -0.651. The van der Waals surface area contributed by atoms with Crippen molar-refractivity contribution in [2.45, 2.75) is 40.3 Å². The van der Waals surface area contributed by atoms with E-state index in [1.807, 2.05) is 59.0 Å². The molecule has 2 aromatic rings. The van der Waals surface area contributed by atoms with Crippen molar-refractivity contribution in [1.82, 2.24) is 19.6 Å². The van der Waals surface area contributed by atoms with Gasteiger partial charge in [-0.05, 0) is 33.3 Å². The molecule has 1 fully saturated rings. The van der Waals surface area contributed by atoms with E-state index < -0.39 is 6.04 Å². The first-order chi connectivity index (χ1) is 13.7. The SMILES string of the molecule is Cc1cccc(CN2C(=O)C3C(=NC(n4nc(C)c(C)c4C)=[N+]3C)N(C)C2=O)c1. The lowest BCUT2D eigenvalue weighted by Gasteiger charge is -2.33. The van der Waals surface area contributed by atoms with Crippen LogP contribution in [-0.4, -0.2) is 68.0 Å². The summed E-state index contributed by atoms with van der Waals surface area (Å²) in [4.78, 5) is 33.6. The van der Waals surface area contributed by atoms with Crippen LogP contribution in [0.2, 0.25) is 0 Å². The number of aromatic nitrogens is 2. The van der Waals surface area contributed by atoms with Gasteiger partial charge in [0.05, 0.1) is 19.3 Å². The van der Waals surface area contributed by atoms with E-state index in [1.165, 1.54) is 9.80 Å². The molecule has 1 unspecified atom stereocenters. The molecule has 3 heterocycles. The Bertz CT molecular complexity index is 1110. The number of hydrogen-bond donors (Lipinski definition) is 0. The summed E-state index contributed by atoms with van der Waals surface area (Å²) in [5.41, 5.74) is 4.96. The Morgan fingerprint density at radius 3 is 2.48 bits per heavy atom. The highest BCUT2D eigenvalue weighted by Gasteiger charge is 2.52. The number of benzene rings is 1. The van der Waals surface area contributed by atoms with Crippen LogP contribution in [-0.2, 0) is 11.3 Å². The molecule has 1 saturated heterocycles. The zero-order valence-corrected chi connectivity index (χ0v) is 17.6. The molecule has 8 heteroatoms. The highest BCUT2D eigenvalue weighted by atomic mass is 16.2. The molecule has 3 amide bonds. The van der Waals surface area contributed by atoms with Gasteiger partial charge in [-0.25, -0.2) is 9.37 Å². The van der Waals surface area contributed by atoms with Crippen molar-refractivity contribution in [3.63, 3.8) is 0 Å². The van der Waals surface area contributed by atoms with Crippen molar-refractivity contribution >= 4 is 23.7 Å². The van der Waals surface area contributed by atoms with Crippen molar-refractivity contribution in [3.8, 4) is 0 Å². The summed E-state index contributed by atoms with van der Waals surface area (Å²) in [6.45, 7) is 8.14. The van der Waals surface area contributed by atoms with Gasteiger partial charge in [0.25, 0.3) is 5.91 Å². The van der Waals surface area contributed by atoms with E-state index in [4.69, 9.17) is 0 Å². The van der Waals surface area contributed by atoms with Gasteiger partial charge in [0.2, 0.25) is 11.9 Å². The standard InChI is InChI=1S/C21H25N6O2/c1-12-8-7-9-16(10-12)11-26-19(28)17-18(25(6)21(26)29)22-20(24(17)5)27-15(4)13(2)14(3)23-27/h7-10,17H,11H2,1-6H3/q+1. The summed E-state index contributed by atoms with van der Waals surface area (Å²) in [5, 5.41) is 4.57. The molecule has 29 heavy (non-hydrogen) atoms. The number of amidine groups is 1. The van der Waals surface area contributed by atoms with Gasteiger partial charge in [0.15, 0.2) is 0 Å². The molecule has 1 atom stereocenters. The van der Waals surface area contributed by atoms with Crippen molar-refractivity contribution in [2.24, 2.45) is 4.99 Å². The Kier molecular flexibility index (Phi) is 4.37. The van der Waals surface area contributed by atoms with Crippen molar-refractivity contribution in [3.05, 3.63) is 52.3 Å². The van der Waals surface area contributed by atoms with Crippen LogP contribution in [0.4, 0.5) is 4.79 Å². The van der Waals surface area contributed by atoms with E-state index >= 15 is 0 Å². The monoisotopic (exact) mass is 393 g/mol. The van der Waals surface area contributed by atoms with E-state index in [9.17, 15) is 9.59 Å². The molecule has 0 aliphatic carbocycles. The Hall–Kier alpha value is -3.29. The molecule has 0 radical (unpaired) electrons. The maximum absolute atomic E-state index is 13.3. The number of carbonyl (C=O) groups is 2. The maximum Gasteiger partial charge on any atom is 0.421 e. The van der Waals surface area contributed by atoms with E-state index in [0.717, 1.165) is 28.1 Å². The Morgan fingerprint density at radius 2 is 1.86 bits per heavy atom. The van der Waals surface area contributed by atoms with Crippen molar-refractivity contribution in [2.75, 3.05) is 14.1 Å². The molecule has 8 nitrogen and oxygen atoms in total. The van der Waals surface area contributed by atoms with Crippen molar-refractivity contribution in [1.29, 1.82) is 0 Å². The van der Waals surface area contributed by atoms with Crippen LogP contribution in [0.3, 0.4) is 0 Å². The smallest absolute Gasteiger partial charge is 0.270 e. The predicted molar refractivity (Wildman–Crippen MR) is 109 cm³/mol. The van der Waals surface area contributed by atoms with Gasteiger partial charge in [-0.3, -0.25) is 14.6 Å². The Morgan fingerprint density at radius 1 is 1.14 bits per heavy atom. The number of imide groups is 1. The van der Waals surface area contributed by atoms with Gasteiger partial charge in [0.1, 0.15) is 5.69 Å². The van der Waals surface area contributed by atoms with Crippen LogP contribution in [0.5, 0.6) is 0 Å². The molecule has 0 bridgehead atoms. The number of amides is 3. The maximum atomic E-state index is 13.3. The molecular weight excluding hydrogens is 368 g/mol. The van der Waals surface area contributed by atoms with Gasteiger partial charge in [-0.1, -0.05) is 34.8 Å². The fourth-order valence-electron chi connectivity index (χ4n) is 3.84. The molecule has 0 spiro atoms. The third kappa shape index (κ3) is 2.86. The number of carbonyl (C=O) groups excluding carboxylic acids is 2. The highest BCUT2D eigenvalue weighted by molar-refractivity contribution is 6.22. The third-order valence-corrected chi connectivity index (χ3v) is 5.79. The lowest BCUT2D eigenvalue weighted by molar-refractivity contribution is -0.507. The first-order valence-corrected chi connectivity index (χ1v) is 9.57. The molecule has 4 rings (SSSR count). The Balaban J connectivity index is 1.74. The quantitative estimate of drug-likeness (QED) is 0.731. The van der Waals surface area contributed by atoms with E-state index in [2.05, 4.69) is 10.1 Å². The zero-order valence-electron chi connectivity index (χ0n) is 17.6. The van der Waals surface area contributed by atoms with Crippen LogP contribution in [0.15, 0.2) is 29.3 Å². The summed E-state index contributed by atoms with van der Waals surface area (Å²) < 4.78 is 3.54. The molecule has 0 N–H and O–H groups in total. The van der Waals surface area contributed by atoms with Gasteiger partial charge >= 0.3 is 12.0 Å². The lowest BCUT2D eigenvalue weighted by atomic mass is 10.1. The minimum Gasteiger partial charge on any atom is -0.270 e. The number of aliphatic imine (C=N–C) groups is 1. The highest BCUT2D eigenvalue weighted by Crippen LogP contribution is 2.23. The number of hydrogen-bond acceptors (Lipinski definition) is 4. The number of likely N-dealkylation sites (N-methyl/N-ethyl adjacent to an activating group) is 2. The third-order valence-electron chi connectivity index (χ3n) is 5.79. The zero-order chi connectivity index (χ0) is 21.0.